The summed E-state index contributed by atoms with van der Waals surface area (Å²) < 4.78 is 22.6. The first kappa shape index (κ1) is 19.7. The number of rotatable bonds is 6. The normalized spacial score (nSPS) is 18.5. The third kappa shape index (κ3) is 10.1. The lowest BCUT2D eigenvalue weighted by Crippen LogP contribution is -2.42. The third-order valence-electron chi connectivity index (χ3n) is 3.21. The molecule has 0 aliphatic heterocycles. The van der Waals surface area contributed by atoms with E-state index in [1.807, 2.05) is 0 Å². The van der Waals surface area contributed by atoms with Gasteiger partial charge in [0.2, 0.25) is 6.43 Å². The van der Waals surface area contributed by atoms with Crippen LogP contribution in [0.3, 0.4) is 0 Å². The van der Waals surface area contributed by atoms with Crippen molar-refractivity contribution in [3.05, 3.63) is 0 Å². The molecule has 0 bridgehead atoms. The van der Waals surface area contributed by atoms with Gasteiger partial charge in [-0.25, -0.2) is 8.78 Å². The molecule has 1 unspecified atom stereocenters. The molecule has 1 fully saturated rings. The predicted octanol–water partition coefficient (Wildman–Crippen LogP) is 1.44. The molecular weight excluding hydrogens is 286 g/mol. The number of hydrogen-bond acceptors (Lipinski definition) is 4. The second kappa shape index (κ2) is 10.4. The molecule has 8 heteroatoms. The molecule has 0 aromatic heterocycles. The number of nitrogens with two attached hydrogens (primary N) is 1. The summed E-state index contributed by atoms with van der Waals surface area (Å²) in [4.78, 5) is 20.3. The van der Waals surface area contributed by atoms with Crippen LogP contribution in [-0.4, -0.2) is 46.7 Å². The highest BCUT2D eigenvalue weighted by Gasteiger charge is 2.18. The topological polar surface area (TPSA) is 113 Å². The van der Waals surface area contributed by atoms with Crippen LogP contribution in [0.5, 0.6) is 0 Å². The van der Waals surface area contributed by atoms with E-state index in [2.05, 4.69) is 5.32 Å². The Kier molecular flexibility index (Phi) is 9.81. The number of hydrogen-bond donors (Lipinski definition) is 4. The minimum absolute atomic E-state index is 0.395. The first-order valence-electron chi connectivity index (χ1n) is 6.99. The van der Waals surface area contributed by atoms with E-state index in [0.717, 1.165) is 12.8 Å². The van der Waals surface area contributed by atoms with Gasteiger partial charge in [0, 0.05) is 12.5 Å². The number of carboxylic acids is 2. The van der Waals surface area contributed by atoms with Crippen LogP contribution in [0.4, 0.5) is 8.78 Å². The average Bonchev–Trinajstić information content (AvgIpc) is 2.39. The minimum atomic E-state index is -2.64. The van der Waals surface area contributed by atoms with Gasteiger partial charge in [-0.15, -0.1) is 0 Å². The van der Waals surface area contributed by atoms with Gasteiger partial charge in [-0.2, -0.15) is 0 Å². The summed E-state index contributed by atoms with van der Waals surface area (Å²) in [5.41, 5.74) is 4.74. The van der Waals surface area contributed by atoms with Gasteiger partial charge in [0.1, 0.15) is 12.1 Å². The molecule has 0 saturated heterocycles. The van der Waals surface area contributed by atoms with E-state index in [1.165, 1.54) is 19.3 Å². The van der Waals surface area contributed by atoms with Crippen molar-refractivity contribution in [2.24, 2.45) is 5.73 Å². The molecule has 1 aliphatic rings. The summed E-state index contributed by atoms with van der Waals surface area (Å²) in [6, 6.07) is -1.40. The molecule has 1 rings (SSSR count). The summed E-state index contributed by atoms with van der Waals surface area (Å²) >= 11 is 0. The Morgan fingerprint density at radius 2 is 1.71 bits per heavy atom. The summed E-state index contributed by atoms with van der Waals surface area (Å²) in [6.07, 6.45) is 2.63. The van der Waals surface area contributed by atoms with Crippen molar-refractivity contribution in [1.82, 2.24) is 5.32 Å². The molecule has 0 radical (unpaired) electrons. The fourth-order valence-corrected chi connectivity index (χ4v) is 1.99. The molecule has 1 aliphatic carbocycles. The van der Waals surface area contributed by atoms with Crippen LogP contribution in [0.15, 0.2) is 0 Å². The average molecular weight is 310 g/mol. The quantitative estimate of drug-likeness (QED) is 0.590. The highest BCUT2D eigenvalue weighted by Crippen LogP contribution is 2.17. The number of alkyl halides is 2. The van der Waals surface area contributed by atoms with Gasteiger partial charge < -0.3 is 21.3 Å². The van der Waals surface area contributed by atoms with Crippen molar-refractivity contribution in [2.45, 2.75) is 70.0 Å². The highest BCUT2D eigenvalue weighted by atomic mass is 19.3. The molecule has 0 aromatic rings. The van der Waals surface area contributed by atoms with Crippen molar-refractivity contribution < 1.29 is 28.6 Å². The number of carboxylic acid groups (broad SMARTS) is 2. The smallest absolute Gasteiger partial charge is 0.320 e. The second-order valence-electron chi connectivity index (χ2n) is 5.13. The maximum atomic E-state index is 11.3. The summed E-state index contributed by atoms with van der Waals surface area (Å²) in [5, 5.41) is 19.7. The number of halogens is 2. The van der Waals surface area contributed by atoms with Crippen LogP contribution in [-0.2, 0) is 9.59 Å². The van der Waals surface area contributed by atoms with Crippen molar-refractivity contribution in [3.8, 4) is 0 Å². The van der Waals surface area contributed by atoms with Gasteiger partial charge >= 0.3 is 11.9 Å². The van der Waals surface area contributed by atoms with Gasteiger partial charge in [0.25, 0.3) is 0 Å². The maximum Gasteiger partial charge on any atom is 0.320 e. The predicted molar refractivity (Wildman–Crippen MR) is 73.3 cm³/mol. The molecule has 0 heterocycles. The van der Waals surface area contributed by atoms with Crippen LogP contribution < -0.4 is 11.1 Å². The lowest BCUT2D eigenvalue weighted by Gasteiger charge is -2.24. The van der Waals surface area contributed by atoms with Crippen LogP contribution in [0.2, 0.25) is 0 Å². The molecule has 0 aromatic carbocycles. The lowest BCUT2D eigenvalue weighted by molar-refractivity contribution is -0.140. The van der Waals surface area contributed by atoms with Gasteiger partial charge in [-0.3, -0.25) is 9.59 Å². The van der Waals surface area contributed by atoms with E-state index in [-0.39, 0.29) is 0 Å². The zero-order chi connectivity index (χ0) is 16.4. The van der Waals surface area contributed by atoms with Crippen molar-refractivity contribution in [1.29, 1.82) is 0 Å². The van der Waals surface area contributed by atoms with Crippen molar-refractivity contribution >= 4 is 11.9 Å². The second-order valence-corrected chi connectivity index (χ2v) is 5.13. The molecule has 124 valence electrons. The van der Waals surface area contributed by atoms with Crippen LogP contribution in [0.25, 0.3) is 0 Å². The van der Waals surface area contributed by atoms with Gasteiger partial charge in [-0.05, 0) is 19.8 Å². The molecule has 0 spiro atoms. The SMILES string of the molecule is C[C@H](NC1CCCCC1)C(=O)O.NC(CC(F)F)C(=O)O. The fraction of sp³-hybridized carbons (Fsp3) is 0.846. The van der Waals surface area contributed by atoms with Crippen LogP contribution >= 0.6 is 0 Å². The zero-order valence-corrected chi connectivity index (χ0v) is 12.1. The Labute approximate surface area is 122 Å². The van der Waals surface area contributed by atoms with Gasteiger partial charge in [0.15, 0.2) is 0 Å². The molecule has 0 amide bonds. The lowest BCUT2D eigenvalue weighted by atomic mass is 9.95. The standard InChI is InChI=1S/C9H17NO2.C4H7F2NO2/c1-7(9(11)12)10-8-5-3-2-4-6-8;5-3(6)1-2(7)4(8)9/h7-8,10H,2-6H2,1H3,(H,11,12);2-3H,1,7H2,(H,8,9)/t7-;/m0./s1. The van der Waals surface area contributed by atoms with E-state index < -0.39 is 36.9 Å². The number of aliphatic carboxylic acids is 2. The summed E-state index contributed by atoms with van der Waals surface area (Å²) in [5.74, 6) is -2.14. The largest absolute Gasteiger partial charge is 0.480 e. The van der Waals surface area contributed by atoms with Crippen molar-refractivity contribution in [3.63, 3.8) is 0 Å². The molecule has 1 saturated carbocycles. The molecule has 2 atom stereocenters. The van der Waals surface area contributed by atoms with Gasteiger partial charge in [0.05, 0.1) is 0 Å². The molecule has 6 nitrogen and oxygen atoms in total. The Balaban J connectivity index is 0.000000400. The van der Waals surface area contributed by atoms with E-state index in [4.69, 9.17) is 15.9 Å². The third-order valence-corrected chi connectivity index (χ3v) is 3.21. The van der Waals surface area contributed by atoms with Crippen LogP contribution in [0.1, 0.15) is 45.4 Å². The summed E-state index contributed by atoms with van der Waals surface area (Å²) in [6.45, 7) is 1.71. The zero-order valence-electron chi connectivity index (χ0n) is 12.1. The number of carbonyl (C=O) groups is 2. The van der Waals surface area contributed by atoms with E-state index in [9.17, 15) is 18.4 Å². The molecule has 5 N–H and O–H groups in total. The monoisotopic (exact) mass is 310 g/mol. The van der Waals surface area contributed by atoms with E-state index >= 15 is 0 Å². The molecular formula is C13H24F2N2O4. The minimum Gasteiger partial charge on any atom is -0.480 e. The Morgan fingerprint density at radius 1 is 1.19 bits per heavy atom. The summed E-state index contributed by atoms with van der Waals surface area (Å²) in [7, 11) is 0. The van der Waals surface area contributed by atoms with E-state index in [1.54, 1.807) is 6.92 Å². The van der Waals surface area contributed by atoms with Crippen LogP contribution in [0, 0.1) is 0 Å². The molecule has 21 heavy (non-hydrogen) atoms. The highest BCUT2D eigenvalue weighted by molar-refractivity contribution is 5.73. The van der Waals surface area contributed by atoms with E-state index in [0.29, 0.717) is 6.04 Å². The fourth-order valence-electron chi connectivity index (χ4n) is 1.99. The first-order chi connectivity index (χ1) is 9.73. The number of nitrogens with one attached hydrogen (secondary N) is 1. The Hall–Kier alpha value is -1.28. The first-order valence-corrected chi connectivity index (χ1v) is 6.99. The maximum absolute atomic E-state index is 11.3. The van der Waals surface area contributed by atoms with Gasteiger partial charge in [-0.1, -0.05) is 19.3 Å². The Bertz CT molecular complexity index is 323. The Morgan fingerprint density at radius 3 is 2.05 bits per heavy atom. The van der Waals surface area contributed by atoms with Crippen molar-refractivity contribution in [2.75, 3.05) is 0 Å².